The maximum Gasteiger partial charge on any atom is 0.407 e. The second-order valence-corrected chi connectivity index (χ2v) is 7.52. The van der Waals surface area contributed by atoms with Gasteiger partial charge < -0.3 is 19.8 Å². The van der Waals surface area contributed by atoms with Gasteiger partial charge in [0.25, 0.3) is 0 Å². The predicted molar refractivity (Wildman–Crippen MR) is 88.7 cm³/mol. The summed E-state index contributed by atoms with van der Waals surface area (Å²) in [6, 6.07) is 0.710. The van der Waals surface area contributed by atoms with Gasteiger partial charge in [-0.15, -0.1) is 0 Å². The van der Waals surface area contributed by atoms with Gasteiger partial charge in [0, 0.05) is 31.7 Å². The van der Waals surface area contributed by atoms with Crippen molar-refractivity contribution in [3.05, 3.63) is 23.5 Å². The molecule has 0 spiro atoms. The van der Waals surface area contributed by atoms with Gasteiger partial charge in [-0.1, -0.05) is 6.08 Å². The highest BCUT2D eigenvalue weighted by atomic mass is 16.4. The van der Waals surface area contributed by atoms with Gasteiger partial charge in [0.05, 0.1) is 6.04 Å². The van der Waals surface area contributed by atoms with E-state index in [0.717, 1.165) is 6.42 Å². The number of hydrogen-bond donors (Lipinski definition) is 1. The summed E-state index contributed by atoms with van der Waals surface area (Å²) in [6.45, 7) is 12.2. The second kappa shape index (κ2) is 5.86. The van der Waals surface area contributed by atoms with Crippen molar-refractivity contribution in [2.24, 2.45) is 0 Å². The van der Waals surface area contributed by atoms with E-state index < -0.39 is 6.09 Å². The van der Waals surface area contributed by atoms with E-state index >= 15 is 0 Å². The van der Waals surface area contributed by atoms with Crippen LogP contribution in [-0.2, 0) is 0 Å². The van der Waals surface area contributed by atoms with Crippen LogP contribution in [0.2, 0.25) is 0 Å². The first-order valence-corrected chi connectivity index (χ1v) is 8.03. The molecule has 0 radical (unpaired) electrons. The number of piperidine rings is 1. The van der Waals surface area contributed by atoms with Crippen LogP contribution in [0.3, 0.4) is 0 Å². The van der Waals surface area contributed by atoms with E-state index in [0.29, 0.717) is 19.1 Å². The average molecular weight is 307 g/mol. The van der Waals surface area contributed by atoms with E-state index in [1.54, 1.807) is 0 Å². The minimum atomic E-state index is -0.823. The second-order valence-electron chi connectivity index (χ2n) is 7.52. The quantitative estimate of drug-likeness (QED) is 0.852. The first-order chi connectivity index (χ1) is 10.1. The Balaban J connectivity index is 2.37. The van der Waals surface area contributed by atoms with Crippen LogP contribution in [-0.4, -0.2) is 63.7 Å². The zero-order chi connectivity index (χ0) is 16.7. The minimum Gasteiger partial charge on any atom is -0.465 e. The molecule has 1 fully saturated rings. The van der Waals surface area contributed by atoms with Crippen molar-refractivity contribution in [2.45, 2.75) is 58.7 Å². The summed E-state index contributed by atoms with van der Waals surface area (Å²) >= 11 is 0. The van der Waals surface area contributed by atoms with Crippen molar-refractivity contribution in [3.63, 3.8) is 0 Å². The summed E-state index contributed by atoms with van der Waals surface area (Å²) in [7, 11) is 2.13. The van der Waals surface area contributed by atoms with E-state index in [4.69, 9.17) is 0 Å². The molecule has 0 aromatic rings. The number of fused-ring (bicyclic) bond motifs is 1. The van der Waals surface area contributed by atoms with Crippen molar-refractivity contribution in [2.75, 3.05) is 20.1 Å². The molecule has 0 bridgehead atoms. The fourth-order valence-electron chi connectivity index (χ4n) is 3.28. The molecule has 0 saturated carbocycles. The summed E-state index contributed by atoms with van der Waals surface area (Å²) in [5.41, 5.74) is 1.19. The standard InChI is InChI=1S/C17H29N3O2/c1-12(2)18(6)15-8-7-13-11-19(16(21)22)10-9-14(13)20(15)17(3,4)5/h7-8,12,14H,9-11H2,1-6H3,(H,21,22). The van der Waals surface area contributed by atoms with E-state index in [1.165, 1.54) is 16.3 Å². The molecule has 1 unspecified atom stereocenters. The third-order valence-electron chi connectivity index (χ3n) is 4.61. The zero-order valence-electron chi connectivity index (χ0n) is 14.6. The molecule has 0 aliphatic carbocycles. The van der Waals surface area contributed by atoms with Crippen molar-refractivity contribution in [3.8, 4) is 0 Å². The molecule has 0 aromatic carbocycles. The zero-order valence-corrected chi connectivity index (χ0v) is 14.6. The Morgan fingerprint density at radius 1 is 1.36 bits per heavy atom. The summed E-state index contributed by atoms with van der Waals surface area (Å²) in [5.74, 6) is 1.22. The summed E-state index contributed by atoms with van der Waals surface area (Å²) in [5, 5.41) is 9.23. The van der Waals surface area contributed by atoms with Crippen LogP contribution in [0.5, 0.6) is 0 Å². The van der Waals surface area contributed by atoms with Crippen LogP contribution in [0.25, 0.3) is 0 Å². The maximum atomic E-state index is 11.2. The van der Waals surface area contributed by atoms with E-state index in [1.807, 2.05) is 0 Å². The molecule has 1 N–H and O–H groups in total. The Hall–Kier alpha value is -1.65. The molecule has 22 heavy (non-hydrogen) atoms. The van der Waals surface area contributed by atoms with Crippen LogP contribution in [0.15, 0.2) is 23.5 Å². The number of rotatable bonds is 2. The first-order valence-electron chi connectivity index (χ1n) is 8.03. The van der Waals surface area contributed by atoms with E-state index in [-0.39, 0.29) is 11.6 Å². The number of carboxylic acid groups (broad SMARTS) is 1. The van der Waals surface area contributed by atoms with Gasteiger partial charge >= 0.3 is 6.09 Å². The Morgan fingerprint density at radius 3 is 2.50 bits per heavy atom. The normalized spacial score (nSPS) is 22.2. The third kappa shape index (κ3) is 3.08. The van der Waals surface area contributed by atoms with Gasteiger partial charge in [-0.25, -0.2) is 4.79 Å². The first kappa shape index (κ1) is 16.7. The predicted octanol–water partition coefficient (Wildman–Crippen LogP) is 2.96. The SMILES string of the molecule is CC(C)N(C)C1=CC=C2CN(C(=O)O)CCC2N1C(C)(C)C. The molecule has 1 saturated heterocycles. The van der Waals surface area contributed by atoms with Crippen LogP contribution in [0.4, 0.5) is 4.79 Å². The monoisotopic (exact) mass is 307 g/mol. The molecule has 1 amide bonds. The van der Waals surface area contributed by atoms with Gasteiger partial charge in [0.2, 0.25) is 0 Å². The van der Waals surface area contributed by atoms with Crippen LogP contribution >= 0.6 is 0 Å². The molecule has 1 atom stereocenters. The van der Waals surface area contributed by atoms with Gasteiger partial charge in [-0.3, -0.25) is 0 Å². The van der Waals surface area contributed by atoms with Gasteiger partial charge in [0.1, 0.15) is 5.82 Å². The van der Waals surface area contributed by atoms with Crippen LogP contribution < -0.4 is 0 Å². The number of nitrogens with zero attached hydrogens (tertiary/aromatic N) is 3. The summed E-state index contributed by atoms with van der Waals surface area (Å²) in [4.78, 5) is 17.5. The molecular weight excluding hydrogens is 278 g/mol. The number of allylic oxidation sites excluding steroid dienone is 2. The van der Waals surface area contributed by atoms with Gasteiger partial charge in [-0.2, -0.15) is 0 Å². The van der Waals surface area contributed by atoms with Crippen molar-refractivity contribution < 1.29 is 9.90 Å². The lowest BCUT2D eigenvalue weighted by Crippen LogP contribution is -2.57. The van der Waals surface area contributed by atoms with Crippen LogP contribution in [0.1, 0.15) is 41.0 Å². The highest BCUT2D eigenvalue weighted by molar-refractivity contribution is 5.66. The third-order valence-corrected chi connectivity index (χ3v) is 4.61. The number of likely N-dealkylation sites (tertiary alicyclic amines) is 1. The topological polar surface area (TPSA) is 47.0 Å². The molecule has 2 aliphatic heterocycles. The molecular formula is C17H29N3O2. The van der Waals surface area contributed by atoms with E-state index in [9.17, 15) is 9.90 Å². The lowest BCUT2D eigenvalue weighted by Gasteiger charge is -2.52. The average Bonchev–Trinajstić information content (AvgIpc) is 2.43. The van der Waals surface area contributed by atoms with Crippen molar-refractivity contribution >= 4 is 6.09 Å². The lowest BCUT2D eigenvalue weighted by molar-refractivity contribution is 0.0610. The Morgan fingerprint density at radius 2 is 2.00 bits per heavy atom. The molecule has 2 heterocycles. The largest absolute Gasteiger partial charge is 0.465 e. The number of hydrogen-bond acceptors (Lipinski definition) is 3. The molecule has 2 aliphatic rings. The summed E-state index contributed by atoms with van der Waals surface area (Å²) in [6.07, 6.45) is 4.29. The van der Waals surface area contributed by atoms with Crippen molar-refractivity contribution in [1.29, 1.82) is 0 Å². The number of amides is 1. The Labute approximate surface area is 133 Å². The van der Waals surface area contributed by atoms with Gasteiger partial charge in [-0.05, 0) is 52.7 Å². The fourth-order valence-corrected chi connectivity index (χ4v) is 3.28. The highest BCUT2D eigenvalue weighted by Crippen LogP contribution is 2.35. The summed E-state index contributed by atoms with van der Waals surface area (Å²) < 4.78 is 0. The molecule has 5 nitrogen and oxygen atoms in total. The molecule has 5 heteroatoms. The van der Waals surface area contributed by atoms with Gasteiger partial charge in [0.15, 0.2) is 0 Å². The van der Waals surface area contributed by atoms with Crippen LogP contribution in [0, 0.1) is 0 Å². The van der Waals surface area contributed by atoms with E-state index in [2.05, 4.69) is 63.6 Å². The highest BCUT2D eigenvalue weighted by Gasteiger charge is 2.39. The Bertz CT molecular complexity index is 503. The minimum absolute atomic E-state index is 0.00937. The Kier molecular flexibility index (Phi) is 4.45. The molecule has 2 rings (SSSR count). The lowest BCUT2D eigenvalue weighted by atomic mass is 9.89. The maximum absolute atomic E-state index is 11.2. The molecule has 124 valence electrons. The molecule has 0 aromatic heterocycles. The smallest absolute Gasteiger partial charge is 0.407 e. The fraction of sp³-hybridized carbons (Fsp3) is 0.706. The number of carbonyl (C=O) groups is 1. The van der Waals surface area contributed by atoms with Crippen molar-refractivity contribution in [1.82, 2.24) is 14.7 Å².